The molecule has 1 aliphatic carbocycles. The molecule has 0 aliphatic heterocycles. The van der Waals surface area contributed by atoms with Crippen molar-refractivity contribution in [2.75, 3.05) is 0 Å². The highest BCUT2D eigenvalue weighted by Gasteiger charge is 2.26. The van der Waals surface area contributed by atoms with E-state index < -0.39 is 0 Å². The summed E-state index contributed by atoms with van der Waals surface area (Å²) in [6.45, 7) is 1.87. The van der Waals surface area contributed by atoms with Crippen LogP contribution in [-0.4, -0.2) is 14.3 Å². The van der Waals surface area contributed by atoms with Gasteiger partial charge in [0.05, 0.1) is 16.6 Å². The lowest BCUT2D eigenvalue weighted by atomic mass is 10.1. The maximum absolute atomic E-state index is 13.1. The van der Waals surface area contributed by atoms with Gasteiger partial charge in [0.15, 0.2) is 0 Å². The van der Waals surface area contributed by atoms with Crippen molar-refractivity contribution in [2.24, 2.45) is 0 Å². The zero-order chi connectivity index (χ0) is 18.5. The molecule has 0 fully saturated rings. The van der Waals surface area contributed by atoms with Gasteiger partial charge in [-0.05, 0) is 43.0 Å². The van der Waals surface area contributed by atoms with Crippen molar-refractivity contribution in [3.63, 3.8) is 0 Å². The van der Waals surface area contributed by atoms with E-state index in [1.54, 1.807) is 10.6 Å². The number of nitrogens with zero attached hydrogens (tertiary/aromatic N) is 2. The minimum Gasteiger partial charge on any atom is -0.308 e. The molecule has 4 aromatic rings. The highest BCUT2D eigenvalue weighted by atomic mass is 16.1. The Bertz CT molecular complexity index is 1250. The van der Waals surface area contributed by atoms with Crippen molar-refractivity contribution in [3.05, 3.63) is 98.2 Å². The lowest BCUT2D eigenvalue weighted by molar-refractivity contribution is 0.503. The number of hydrogen-bond donors (Lipinski definition) is 1. The van der Waals surface area contributed by atoms with E-state index in [9.17, 15) is 9.59 Å². The van der Waals surface area contributed by atoms with Crippen molar-refractivity contribution < 1.29 is 0 Å². The number of aromatic nitrogens is 3. The smallest absolute Gasteiger partial charge is 0.280 e. The van der Waals surface area contributed by atoms with Crippen LogP contribution in [0, 0.1) is 6.92 Å². The third kappa shape index (κ3) is 2.39. The molecule has 5 nitrogen and oxygen atoms in total. The van der Waals surface area contributed by atoms with Crippen LogP contribution in [0.3, 0.4) is 0 Å². The van der Waals surface area contributed by atoms with E-state index in [4.69, 9.17) is 0 Å². The summed E-state index contributed by atoms with van der Waals surface area (Å²) in [7, 11) is 0. The summed E-state index contributed by atoms with van der Waals surface area (Å²) in [6, 6.07) is 19.3. The SMILES string of the molecule is Cc1c2c(=O)n(-c3ccccc3)[nH]c2cc(=O)n1C1Cc2ccccc2C1. The molecule has 2 aromatic carbocycles. The second-order valence-corrected chi connectivity index (χ2v) is 7.15. The van der Waals surface area contributed by atoms with Crippen LogP contribution in [0.15, 0.2) is 70.3 Å². The average molecular weight is 357 g/mol. The molecule has 0 saturated heterocycles. The molecule has 5 rings (SSSR count). The normalized spacial score (nSPS) is 14.0. The van der Waals surface area contributed by atoms with E-state index in [0.29, 0.717) is 10.9 Å². The molecule has 0 bridgehead atoms. The Balaban J connectivity index is 1.69. The number of aromatic amines is 1. The zero-order valence-corrected chi connectivity index (χ0v) is 15.0. The number of rotatable bonds is 2. The number of H-pyrrole nitrogens is 1. The largest absolute Gasteiger partial charge is 0.308 e. The van der Waals surface area contributed by atoms with E-state index in [1.165, 1.54) is 15.8 Å². The van der Waals surface area contributed by atoms with Crippen LogP contribution in [0.2, 0.25) is 0 Å². The second kappa shape index (κ2) is 5.84. The van der Waals surface area contributed by atoms with E-state index in [2.05, 4.69) is 17.2 Å². The van der Waals surface area contributed by atoms with Crippen molar-refractivity contribution in [2.45, 2.75) is 25.8 Å². The molecule has 0 saturated carbocycles. The molecule has 1 aliphatic rings. The highest BCUT2D eigenvalue weighted by Crippen LogP contribution is 2.30. The zero-order valence-electron chi connectivity index (χ0n) is 15.0. The first kappa shape index (κ1) is 15.9. The molecule has 0 radical (unpaired) electrons. The Morgan fingerprint density at radius 1 is 0.926 bits per heavy atom. The Morgan fingerprint density at radius 2 is 1.56 bits per heavy atom. The number of nitrogens with one attached hydrogen (secondary N) is 1. The summed E-state index contributed by atoms with van der Waals surface area (Å²) in [5.41, 5.74) is 4.43. The third-order valence-electron chi connectivity index (χ3n) is 5.56. The van der Waals surface area contributed by atoms with Crippen LogP contribution < -0.4 is 11.1 Å². The first-order valence-electron chi connectivity index (χ1n) is 9.12. The molecule has 0 atom stereocenters. The van der Waals surface area contributed by atoms with Gasteiger partial charge in [-0.3, -0.25) is 14.7 Å². The molecular formula is C22H19N3O2. The quantitative estimate of drug-likeness (QED) is 0.599. The van der Waals surface area contributed by atoms with Crippen LogP contribution in [0.1, 0.15) is 22.9 Å². The Labute approximate surface area is 155 Å². The number of benzene rings is 2. The van der Waals surface area contributed by atoms with Crippen molar-refractivity contribution >= 4 is 10.9 Å². The summed E-state index contributed by atoms with van der Waals surface area (Å²) >= 11 is 0. The van der Waals surface area contributed by atoms with Gasteiger partial charge in [-0.1, -0.05) is 42.5 Å². The molecule has 0 amide bonds. The number of pyridine rings is 1. The van der Waals surface area contributed by atoms with Gasteiger partial charge in [0.25, 0.3) is 11.1 Å². The minimum absolute atomic E-state index is 0.0544. The monoisotopic (exact) mass is 357 g/mol. The molecule has 2 aromatic heterocycles. The molecular weight excluding hydrogens is 338 g/mol. The number of para-hydroxylation sites is 1. The first-order valence-corrected chi connectivity index (χ1v) is 9.12. The van der Waals surface area contributed by atoms with Gasteiger partial charge < -0.3 is 4.57 Å². The van der Waals surface area contributed by atoms with Crippen LogP contribution in [0.5, 0.6) is 0 Å². The fraction of sp³-hybridized carbons (Fsp3) is 0.182. The van der Waals surface area contributed by atoms with E-state index >= 15 is 0 Å². The van der Waals surface area contributed by atoms with Crippen LogP contribution in [-0.2, 0) is 12.8 Å². The summed E-state index contributed by atoms with van der Waals surface area (Å²) in [4.78, 5) is 25.9. The predicted molar refractivity (Wildman–Crippen MR) is 106 cm³/mol. The molecule has 27 heavy (non-hydrogen) atoms. The number of fused-ring (bicyclic) bond motifs is 2. The van der Waals surface area contributed by atoms with Crippen molar-refractivity contribution in [1.29, 1.82) is 0 Å². The third-order valence-corrected chi connectivity index (χ3v) is 5.56. The van der Waals surface area contributed by atoms with E-state index in [1.807, 2.05) is 49.4 Å². The maximum atomic E-state index is 13.1. The molecule has 5 heteroatoms. The fourth-order valence-corrected chi connectivity index (χ4v) is 4.32. The number of aryl methyl sites for hydroxylation is 1. The van der Waals surface area contributed by atoms with Crippen LogP contribution in [0.4, 0.5) is 0 Å². The Morgan fingerprint density at radius 3 is 2.22 bits per heavy atom. The van der Waals surface area contributed by atoms with Crippen molar-refractivity contribution in [3.8, 4) is 5.69 Å². The first-order chi connectivity index (χ1) is 13.1. The summed E-state index contributed by atoms with van der Waals surface area (Å²) in [5, 5.41) is 3.67. The lowest BCUT2D eigenvalue weighted by Gasteiger charge is -2.17. The van der Waals surface area contributed by atoms with Crippen molar-refractivity contribution in [1.82, 2.24) is 14.3 Å². The topological polar surface area (TPSA) is 59.8 Å². The molecule has 0 spiro atoms. The minimum atomic E-state index is -0.127. The van der Waals surface area contributed by atoms with Gasteiger partial charge in [0, 0.05) is 17.8 Å². The standard InChI is InChI=1S/C22H19N3O2/c1-14-21-19(23-25(22(21)27)17-9-3-2-4-10-17)13-20(26)24(14)18-11-15-7-5-6-8-16(15)12-18/h2-10,13,18,23H,11-12H2,1H3. The number of hydrogen-bond acceptors (Lipinski definition) is 2. The fourth-order valence-electron chi connectivity index (χ4n) is 4.32. The molecule has 2 heterocycles. The Kier molecular flexibility index (Phi) is 3.44. The van der Waals surface area contributed by atoms with Crippen LogP contribution >= 0.6 is 0 Å². The van der Waals surface area contributed by atoms with Gasteiger partial charge in [0.2, 0.25) is 0 Å². The van der Waals surface area contributed by atoms with E-state index in [-0.39, 0.29) is 17.2 Å². The van der Waals surface area contributed by atoms with Crippen LogP contribution in [0.25, 0.3) is 16.6 Å². The lowest BCUT2D eigenvalue weighted by Crippen LogP contribution is -2.27. The van der Waals surface area contributed by atoms with Gasteiger partial charge in [-0.25, -0.2) is 4.68 Å². The summed E-state index contributed by atoms with van der Waals surface area (Å²) < 4.78 is 3.30. The maximum Gasteiger partial charge on any atom is 0.280 e. The van der Waals surface area contributed by atoms with Gasteiger partial charge in [-0.2, -0.15) is 0 Å². The van der Waals surface area contributed by atoms with E-state index in [0.717, 1.165) is 24.2 Å². The molecule has 134 valence electrons. The van der Waals surface area contributed by atoms with Gasteiger partial charge in [0.1, 0.15) is 0 Å². The van der Waals surface area contributed by atoms with Gasteiger partial charge in [-0.15, -0.1) is 0 Å². The average Bonchev–Trinajstić information content (AvgIpc) is 3.23. The van der Waals surface area contributed by atoms with Gasteiger partial charge >= 0.3 is 0 Å². The predicted octanol–water partition coefficient (Wildman–Crippen LogP) is 3.13. The summed E-state index contributed by atoms with van der Waals surface area (Å²) in [6.07, 6.45) is 1.64. The highest BCUT2D eigenvalue weighted by molar-refractivity contribution is 5.80. The Hall–Kier alpha value is -3.34. The molecule has 1 N–H and O–H groups in total. The summed E-state index contributed by atoms with van der Waals surface area (Å²) in [5.74, 6) is 0. The molecule has 0 unspecified atom stereocenters. The second-order valence-electron chi connectivity index (χ2n) is 7.15.